The zero-order chi connectivity index (χ0) is 19.7. The molecule has 0 saturated carbocycles. The zero-order valence-electron chi connectivity index (χ0n) is 15.1. The SMILES string of the molecule is Cc1[nH]c2ccccc2c1[C@@H](Nc1ccccn1)c1ccc(C(F)(F)F)cc1. The Morgan fingerprint density at radius 3 is 2.32 bits per heavy atom. The summed E-state index contributed by atoms with van der Waals surface area (Å²) in [6.07, 6.45) is -2.69. The van der Waals surface area contributed by atoms with Crippen molar-refractivity contribution in [1.82, 2.24) is 9.97 Å². The maximum absolute atomic E-state index is 13.0. The fourth-order valence-corrected chi connectivity index (χ4v) is 3.45. The molecule has 4 aromatic rings. The van der Waals surface area contributed by atoms with E-state index < -0.39 is 11.7 Å². The van der Waals surface area contributed by atoms with Crippen molar-refractivity contribution >= 4 is 16.7 Å². The Kier molecular flexibility index (Phi) is 4.55. The average Bonchev–Trinajstić information content (AvgIpc) is 3.02. The lowest BCUT2D eigenvalue weighted by Gasteiger charge is -2.21. The Bertz CT molecular complexity index is 1080. The Hall–Kier alpha value is -3.28. The molecule has 0 aliphatic rings. The number of fused-ring (bicyclic) bond motifs is 1. The predicted molar refractivity (Wildman–Crippen MR) is 104 cm³/mol. The first-order valence-electron chi connectivity index (χ1n) is 8.85. The van der Waals surface area contributed by atoms with Crippen LogP contribution in [0.5, 0.6) is 0 Å². The van der Waals surface area contributed by atoms with Crippen molar-refractivity contribution in [2.75, 3.05) is 5.32 Å². The molecule has 0 fully saturated rings. The van der Waals surface area contributed by atoms with Gasteiger partial charge in [-0.15, -0.1) is 0 Å². The van der Waals surface area contributed by atoms with E-state index in [2.05, 4.69) is 15.3 Å². The Balaban J connectivity index is 1.83. The molecule has 0 aliphatic heterocycles. The summed E-state index contributed by atoms with van der Waals surface area (Å²) < 4.78 is 38.9. The molecular weight excluding hydrogens is 363 g/mol. The van der Waals surface area contributed by atoms with Crippen LogP contribution >= 0.6 is 0 Å². The number of alkyl halides is 3. The molecule has 28 heavy (non-hydrogen) atoms. The minimum absolute atomic E-state index is 0.353. The van der Waals surface area contributed by atoms with Crippen LogP contribution in [0.4, 0.5) is 19.0 Å². The Labute approximate surface area is 160 Å². The molecule has 6 heteroatoms. The molecule has 0 amide bonds. The van der Waals surface area contributed by atoms with Crippen LogP contribution in [0.1, 0.15) is 28.4 Å². The number of hydrogen-bond donors (Lipinski definition) is 2. The number of anilines is 1. The third-order valence-corrected chi connectivity index (χ3v) is 4.76. The predicted octanol–water partition coefficient (Wildman–Crippen LogP) is 6.09. The fraction of sp³-hybridized carbons (Fsp3) is 0.136. The smallest absolute Gasteiger partial charge is 0.359 e. The maximum Gasteiger partial charge on any atom is 0.416 e. The fourth-order valence-electron chi connectivity index (χ4n) is 3.45. The largest absolute Gasteiger partial charge is 0.416 e. The van der Waals surface area contributed by atoms with Gasteiger partial charge in [0.25, 0.3) is 0 Å². The molecule has 0 aliphatic carbocycles. The molecule has 3 nitrogen and oxygen atoms in total. The van der Waals surface area contributed by atoms with E-state index in [0.29, 0.717) is 5.82 Å². The minimum Gasteiger partial charge on any atom is -0.359 e. The topological polar surface area (TPSA) is 40.7 Å². The van der Waals surface area contributed by atoms with Gasteiger partial charge in [0.05, 0.1) is 11.6 Å². The monoisotopic (exact) mass is 381 g/mol. The van der Waals surface area contributed by atoms with Gasteiger partial charge in [-0.2, -0.15) is 13.2 Å². The van der Waals surface area contributed by atoms with Crippen LogP contribution in [0.25, 0.3) is 10.9 Å². The molecule has 142 valence electrons. The van der Waals surface area contributed by atoms with Gasteiger partial charge in [-0.1, -0.05) is 36.4 Å². The number of nitrogens with one attached hydrogen (secondary N) is 2. The molecule has 0 radical (unpaired) electrons. The van der Waals surface area contributed by atoms with Crippen LogP contribution in [0.15, 0.2) is 72.9 Å². The minimum atomic E-state index is -4.36. The first-order valence-corrected chi connectivity index (χ1v) is 8.85. The van der Waals surface area contributed by atoms with E-state index in [1.54, 1.807) is 6.20 Å². The summed E-state index contributed by atoms with van der Waals surface area (Å²) in [5.74, 6) is 0.650. The van der Waals surface area contributed by atoms with Gasteiger partial charge in [-0.3, -0.25) is 0 Å². The van der Waals surface area contributed by atoms with Gasteiger partial charge in [0.2, 0.25) is 0 Å². The molecule has 0 saturated heterocycles. The van der Waals surface area contributed by atoms with E-state index in [4.69, 9.17) is 0 Å². The van der Waals surface area contributed by atoms with Gasteiger partial charge in [-0.25, -0.2) is 4.98 Å². The van der Waals surface area contributed by atoms with Crippen molar-refractivity contribution in [3.63, 3.8) is 0 Å². The molecule has 2 aromatic heterocycles. The first-order chi connectivity index (χ1) is 13.4. The molecule has 2 N–H and O–H groups in total. The lowest BCUT2D eigenvalue weighted by Crippen LogP contribution is -2.14. The summed E-state index contributed by atoms with van der Waals surface area (Å²) in [6.45, 7) is 1.96. The molecule has 2 aromatic carbocycles. The van der Waals surface area contributed by atoms with E-state index in [9.17, 15) is 13.2 Å². The Morgan fingerprint density at radius 1 is 0.929 bits per heavy atom. The normalized spacial score (nSPS) is 12.9. The van der Waals surface area contributed by atoms with E-state index in [-0.39, 0.29) is 6.04 Å². The summed E-state index contributed by atoms with van der Waals surface area (Å²) in [7, 11) is 0. The van der Waals surface area contributed by atoms with E-state index >= 15 is 0 Å². The van der Waals surface area contributed by atoms with Crippen LogP contribution in [0.3, 0.4) is 0 Å². The number of H-pyrrole nitrogens is 1. The van der Waals surface area contributed by atoms with Gasteiger partial charge in [-0.05, 0) is 42.8 Å². The van der Waals surface area contributed by atoms with Crippen molar-refractivity contribution in [1.29, 1.82) is 0 Å². The summed E-state index contributed by atoms with van der Waals surface area (Å²) in [4.78, 5) is 7.68. The van der Waals surface area contributed by atoms with Crippen molar-refractivity contribution in [2.24, 2.45) is 0 Å². The highest BCUT2D eigenvalue weighted by molar-refractivity contribution is 5.86. The average molecular weight is 381 g/mol. The summed E-state index contributed by atoms with van der Waals surface area (Å²) in [5, 5.41) is 4.40. The van der Waals surface area contributed by atoms with Crippen molar-refractivity contribution in [2.45, 2.75) is 19.1 Å². The van der Waals surface area contributed by atoms with Gasteiger partial charge in [0.1, 0.15) is 5.82 Å². The van der Waals surface area contributed by atoms with Gasteiger partial charge in [0, 0.05) is 28.4 Å². The number of aryl methyl sites for hydroxylation is 1. The highest BCUT2D eigenvalue weighted by Crippen LogP contribution is 2.36. The maximum atomic E-state index is 13.0. The molecule has 0 unspecified atom stereocenters. The second-order valence-electron chi connectivity index (χ2n) is 6.62. The van der Waals surface area contributed by atoms with Gasteiger partial charge in [0.15, 0.2) is 0 Å². The number of pyridine rings is 1. The summed E-state index contributed by atoms with van der Waals surface area (Å²) >= 11 is 0. The van der Waals surface area contributed by atoms with Crippen LogP contribution in [-0.4, -0.2) is 9.97 Å². The Morgan fingerprint density at radius 2 is 1.64 bits per heavy atom. The van der Waals surface area contributed by atoms with Crippen LogP contribution in [0, 0.1) is 6.92 Å². The highest BCUT2D eigenvalue weighted by atomic mass is 19.4. The van der Waals surface area contributed by atoms with Crippen molar-refractivity contribution in [3.05, 3.63) is 95.3 Å². The third-order valence-electron chi connectivity index (χ3n) is 4.76. The molecule has 4 rings (SSSR count). The van der Waals surface area contributed by atoms with Crippen molar-refractivity contribution in [3.8, 4) is 0 Å². The van der Waals surface area contributed by atoms with Gasteiger partial charge < -0.3 is 10.3 Å². The van der Waals surface area contributed by atoms with Crippen LogP contribution < -0.4 is 5.32 Å². The zero-order valence-corrected chi connectivity index (χ0v) is 15.1. The summed E-state index contributed by atoms with van der Waals surface area (Å²) in [5.41, 5.74) is 2.99. The lowest BCUT2D eigenvalue weighted by molar-refractivity contribution is -0.137. The second-order valence-corrected chi connectivity index (χ2v) is 6.62. The third kappa shape index (κ3) is 3.45. The molecule has 0 bridgehead atoms. The standard InChI is InChI=1S/C22H18F3N3/c1-14-20(17-6-2-3-7-18(17)27-14)21(28-19-8-4-5-13-26-19)15-9-11-16(12-10-15)22(23,24)25/h2-13,21,27H,1H3,(H,26,28)/t21-/m0/s1. The number of nitrogens with zero attached hydrogens (tertiary/aromatic N) is 1. The van der Waals surface area contributed by atoms with E-state index in [1.165, 1.54) is 12.1 Å². The van der Waals surface area contributed by atoms with Crippen LogP contribution in [0.2, 0.25) is 0 Å². The van der Waals surface area contributed by atoms with Crippen molar-refractivity contribution < 1.29 is 13.2 Å². The molecule has 2 heterocycles. The first kappa shape index (κ1) is 18.1. The number of para-hydroxylation sites is 1. The lowest BCUT2D eigenvalue weighted by atomic mass is 9.95. The highest BCUT2D eigenvalue weighted by Gasteiger charge is 2.30. The number of aromatic amines is 1. The molecule has 1 atom stereocenters. The number of benzene rings is 2. The number of rotatable bonds is 4. The van der Waals surface area contributed by atoms with E-state index in [1.807, 2.05) is 49.4 Å². The summed E-state index contributed by atoms with van der Waals surface area (Å²) in [6, 6.07) is 18.3. The molecule has 0 spiro atoms. The van der Waals surface area contributed by atoms with Crippen LogP contribution in [-0.2, 0) is 6.18 Å². The molecular formula is C22H18F3N3. The second kappa shape index (κ2) is 7.03. The quantitative estimate of drug-likeness (QED) is 0.449. The van der Waals surface area contributed by atoms with Gasteiger partial charge >= 0.3 is 6.18 Å². The number of aromatic nitrogens is 2. The number of hydrogen-bond acceptors (Lipinski definition) is 2. The van der Waals surface area contributed by atoms with E-state index in [0.717, 1.165) is 39.9 Å². The number of halogens is 3.